The smallest absolute Gasteiger partial charge is 0.270 e. The molecule has 1 N–H and O–H groups in total. The number of hydrogen-bond donors (Lipinski definition) is 1. The van der Waals surface area contributed by atoms with Crippen molar-refractivity contribution in [2.75, 3.05) is 38.2 Å². The third-order valence-electron chi connectivity index (χ3n) is 5.23. The number of H-pyrrole nitrogens is 1. The van der Waals surface area contributed by atoms with Crippen molar-refractivity contribution in [2.24, 2.45) is 0 Å². The van der Waals surface area contributed by atoms with E-state index >= 15 is 0 Å². The van der Waals surface area contributed by atoms with Crippen molar-refractivity contribution in [1.29, 1.82) is 0 Å². The minimum absolute atomic E-state index is 0.0382. The average molecular weight is 367 g/mol. The van der Waals surface area contributed by atoms with Gasteiger partial charge in [-0.3, -0.25) is 4.79 Å². The molecular weight excluding hydrogens is 345 g/mol. The molecule has 140 valence electrons. The number of amides is 1. The van der Waals surface area contributed by atoms with Crippen LogP contribution in [0.25, 0.3) is 10.9 Å². The lowest BCUT2D eigenvalue weighted by atomic mass is 10.1. The topological polar surface area (TPSA) is 48.6 Å². The number of hydrogen-bond acceptors (Lipinski definition) is 3. The van der Waals surface area contributed by atoms with Crippen molar-refractivity contribution in [2.45, 2.75) is 6.92 Å². The molecule has 0 atom stereocenters. The van der Waals surface area contributed by atoms with Gasteiger partial charge >= 0.3 is 0 Å². The molecule has 1 amide bonds. The van der Waals surface area contributed by atoms with Crippen molar-refractivity contribution in [3.8, 4) is 5.75 Å². The van der Waals surface area contributed by atoms with Gasteiger partial charge in [0.25, 0.3) is 5.91 Å². The Morgan fingerprint density at radius 2 is 1.85 bits per heavy atom. The van der Waals surface area contributed by atoms with E-state index in [1.165, 1.54) is 12.1 Å². The number of methoxy groups -OCH3 is 1. The van der Waals surface area contributed by atoms with Crippen molar-refractivity contribution < 1.29 is 13.9 Å². The van der Waals surface area contributed by atoms with Crippen LogP contribution in [0, 0.1) is 12.7 Å². The number of nitrogens with zero attached hydrogens (tertiary/aromatic N) is 2. The monoisotopic (exact) mass is 367 g/mol. The highest BCUT2D eigenvalue weighted by Gasteiger charge is 2.26. The lowest BCUT2D eigenvalue weighted by Gasteiger charge is -2.36. The first-order chi connectivity index (χ1) is 13.1. The van der Waals surface area contributed by atoms with E-state index in [0.29, 0.717) is 24.3 Å². The first kappa shape index (κ1) is 17.4. The van der Waals surface area contributed by atoms with E-state index in [1.807, 2.05) is 36.1 Å². The number of nitrogens with one attached hydrogen (secondary N) is 1. The summed E-state index contributed by atoms with van der Waals surface area (Å²) in [4.78, 5) is 20.2. The van der Waals surface area contributed by atoms with Gasteiger partial charge in [0.05, 0.1) is 12.8 Å². The van der Waals surface area contributed by atoms with Crippen LogP contribution in [-0.2, 0) is 0 Å². The molecule has 0 saturated carbocycles. The van der Waals surface area contributed by atoms with Crippen LogP contribution in [0.2, 0.25) is 0 Å². The van der Waals surface area contributed by atoms with Gasteiger partial charge in [0.15, 0.2) is 0 Å². The standard InChI is InChI=1S/C21H22FN3O2/c1-14-16-8-7-15(22)13-17(16)23-20(14)21(26)25-11-9-24(10-12-25)18-5-3-4-6-19(18)27-2/h3-8,13,23H,9-12H2,1-2H3. The molecule has 27 heavy (non-hydrogen) atoms. The lowest BCUT2D eigenvalue weighted by molar-refractivity contribution is 0.0741. The molecular formula is C21H22FN3O2. The first-order valence-electron chi connectivity index (χ1n) is 9.03. The molecule has 6 heteroatoms. The van der Waals surface area contributed by atoms with E-state index in [1.54, 1.807) is 13.2 Å². The largest absolute Gasteiger partial charge is 0.495 e. The lowest BCUT2D eigenvalue weighted by Crippen LogP contribution is -2.49. The summed E-state index contributed by atoms with van der Waals surface area (Å²) in [5.74, 6) is 0.489. The predicted octanol–water partition coefficient (Wildman–Crippen LogP) is 3.59. The van der Waals surface area contributed by atoms with E-state index in [2.05, 4.69) is 9.88 Å². The highest BCUT2D eigenvalue weighted by molar-refractivity contribution is 6.01. The van der Waals surface area contributed by atoms with Crippen LogP contribution in [0.5, 0.6) is 5.75 Å². The number of piperazine rings is 1. The number of anilines is 1. The minimum Gasteiger partial charge on any atom is -0.495 e. The number of para-hydroxylation sites is 2. The number of benzene rings is 2. The van der Waals surface area contributed by atoms with E-state index in [9.17, 15) is 9.18 Å². The van der Waals surface area contributed by atoms with Crippen LogP contribution >= 0.6 is 0 Å². The summed E-state index contributed by atoms with van der Waals surface area (Å²) >= 11 is 0. The fourth-order valence-corrected chi connectivity index (χ4v) is 3.72. The zero-order chi connectivity index (χ0) is 19.0. The zero-order valence-corrected chi connectivity index (χ0v) is 15.5. The Morgan fingerprint density at radius 1 is 1.11 bits per heavy atom. The number of carbonyl (C=O) groups is 1. The van der Waals surface area contributed by atoms with Crippen LogP contribution in [0.15, 0.2) is 42.5 Å². The van der Waals surface area contributed by atoms with Crippen molar-refractivity contribution in [3.63, 3.8) is 0 Å². The third-order valence-corrected chi connectivity index (χ3v) is 5.23. The van der Waals surface area contributed by atoms with Gasteiger partial charge in [0.2, 0.25) is 0 Å². The van der Waals surface area contributed by atoms with E-state index in [0.717, 1.165) is 35.5 Å². The maximum Gasteiger partial charge on any atom is 0.270 e. The molecule has 2 heterocycles. The van der Waals surface area contributed by atoms with Gasteiger partial charge in [-0.15, -0.1) is 0 Å². The Hall–Kier alpha value is -3.02. The quantitative estimate of drug-likeness (QED) is 0.770. The molecule has 1 aliphatic rings. The number of aromatic nitrogens is 1. The number of aryl methyl sites for hydroxylation is 1. The number of ether oxygens (including phenoxy) is 1. The highest BCUT2D eigenvalue weighted by atomic mass is 19.1. The molecule has 0 unspecified atom stereocenters. The summed E-state index contributed by atoms with van der Waals surface area (Å²) in [6, 6.07) is 12.5. The second-order valence-corrected chi connectivity index (χ2v) is 6.77. The van der Waals surface area contributed by atoms with Gasteiger partial charge < -0.3 is 19.5 Å². The van der Waals surface area contributed by atoms with Crippen LogP contribution in [0.1, 0.15) is 16.1 Å². The fourth-order valence-electron chi connectivity index (χ4n) is 3.72. The Morgan fingerprint density at radius 3 is 2.59 bits per heavy atom. The van der Waals surface area contributed by atoms with Crippen molar-refractivity contribution in [1.82, 2.24) is 9.88 Å². The minimum atomic E-state index is -0.312. The first-order valence-corrected chi connectivity index (χ1v) is 9.03. The van der Waals surface area contributed by atoms with Crippen LogP contribution in [-0.4, -0.2) is 49.1 Å². The molecule has 1 fully saturated rings. The Kier molecular flexibility index (Phi) is 4.48. The SMILES string of the molecule is COc1ccccc1N1CCN(C(=O)c2[nH]c3cc(F)ccc3c2C)CC1. The zero-order valence-electron chi connectivity index (χ0n) is 15.5. The number of rotatable bonds is 3. The summed E-state index contributed by atoms with van der Waals surface area (Å²) < 4.78 is 18.9. The summed E-state index contributed by atoms with van der Waals surface area (Å²) in [7, 11) is 1.67. The van der Waals surface area contributed by atoms with Crippen molar-refractivity contribution >= 4 is 22.5 Å². The molecule has 0 radical (unpaired) electrons. The third kappa shape index (κ3) is 3.12. The summed E-state index contributed by atoms with van der Waals surface area (Å²) in [6.07, 6.45) is 0. The van der Waals surface area contributed by atoms with Gasteiger partial charge in [0.1, 0.15) is 17.3 Å². The van der Waals surface area contributed by atoms with Crippen LogP contribution in [0.3, 0.4) is 0 Å². The predicted molar refractivity (Wildman–Crippen MR) is 104 cm³/mol. The fraction of sp³-hybridized carbons (Fsp3) is 0.286. The molecule has 1 saturated heterocycles. The molecule has 5 nitrogen and oxygen atoms in total. The summed E-state index contributed by atoms with van der Waals surface area (Å²) in [5, 5.41) is 0.882. The number of carbonyl (C=O) groups excluding carboxylic acids is 1. The second-order valence-electron chi connectivity index (χ2n) is 6.77. The van der Waals surface area contributed by atoms with Gasteiger partial charge in [-0.25, -0.2) is 4.39 Å². The number of halogens is 1. The summed E-state index contributed by atoms with van der Waals surface area (Å²) in [5.41, 5.74) is 3.11. The van der Waals surface area contributed by atoms with E-state index < -0.39 is 0 Å². The van der Waals surface area contributed by atoms with E-state index in [4.69, 9.17) is 4.74 Å². The number of aromatic amines is 1. The van der Waals surface area contributed by atoms with Gasteiger partial charge in [-0.2, -0.15) is 0 Å². The van der Waals surface area contributed by atoms with Gasteiger partial charge in [-0.05, 0) is 42.8 Å². The molecule has 0 bridgehead atoms. The maximum atomic E-state index is 13.5. The highest BCUT2D eigenvalue weighted by Crippen LogP contribution is 2.29. The normalized spacial score (nSPS) is 14.6. The van der Waals surface area contributed by atoms with Gasteiger partial charge in [0, 0.05) is 37.1 Å². The molecule has 3 aromatic rings. The molecule has 1 aromatic heterocycles. The maximum absolute atomic E-state index is 13.5. The molecule has 0 spiro atoms. The van der Waals surface area contributed by atoms with E-state index in [-0.39, 0.29) is 11.7 Å². The molecule has 4 rings (SSSR count). The van der Waals surface area contributed by atoms with Crippen LogP contribution in [0.4, 0.5) is 10.1 Å². The Bertz CT molecular complexity index is 990. The molecule has 0 aliphatic carbocycles. The van der Waals surface area contributed by atoms with Crippen LogP contribution < -0.4 is 9.64 Å². The van der Waals surface area contributed by atoms with Crippen molar-refractivity contribution in [3.05, 3.63) is 59.5 Å². The van der Waals surface area contributed by atoms with Gasteiger partial charge in [-0.1, -0.05) is 12.1 Å². The molecule has 2 aromatic carbocycles. The molecule has 1 aliphatic heterocycles. The Labute approximate surface area is 157 Å². The Balaban J connectivity index is 1.51. The summed E-state index contributed by atoms with van der Waals surface area (Å²) in [6.45, 7) is 4.62. The number of fused-ring (bicyclic) bond motifs is 1. The second kappa shape index (κ2) is 6.95. The average Bonchev–Trinajstić information content (AvgIpc) is 3.03.